The van der Waals surface area contributed by atoms with Crippen LogP contribution in [-0.2, 0) is 30.9 Å². The lowest BCUT2D eigenvalue weighted by atomic mass is 10.1. The number of carbonyl (C=O) groups is 2. The number of aryl methyl sites for hydroxylation is 1. The number of benzene rings is 2. The van der Waals surface area contributed by atoms with Crippen LogP contribution in [0.4, 0.5) is 0 Å². The normalized spacial score (nSPS) is 13.2. The monoisotopic (exact) mass is 434 g/mol. The first kappa shape index (κ1) is 23.4. The number of ether oxygens (including phenoxy) is 2. The number of hydrogen-bond donors (Lipinski definition) is 2. The molecule has 0 aromatic heterocycles. The molecule has 30 heavy (non-hydrogen) atoms. The Bertz CT molecular complexity index is 972. The van der Waals surface area contributed by atoms with Gasteiger partial charge in [0.1, 0.15) is 11.8 Å². The predicted molar refractivity (Wildman–Crippen MR) is 111 cm³/mol. The number of carbonyl (C=O) groups excluding carboxylic acids is 2. The third-order valence-electron chi connectivity index (χ3n) is 4.30. The second-order valence-electron chi connectivity index (χ2n) is 6.80. The number of hydrogen-bond acceptors (Lipinski definition) is 6. The van der Waals surface area contributed by atoms with Crippen molar-refractivity contribution in [3.8, 4) is 5.75 Å². The van der Waals surface area contributed by atoms with Crippen LogP contribution >= 0.6 is 0 Å². The van der Waals surface area contributed by atoms with E-state index >= 15 is 0 Å². The first-order valence-corrected chi connectivity index (χ1v) is 10.8. The first-order valence-electron chi connectivity index (χ1n) is 9.32. The van der Waals surface area contributed by atoms with Crippen molar-refractivity contribution >= 4 is 21.9 Å². The van der Waals surface area contributed by atoms with Gasteiger partial charge in [-0.1, -0.05) is 29.8 Å². The largest absolute Gasteiger partial charge is 0.497 e. The fourth-order valence-electron chi connectivity index (χ4n) is 2.47. The van der Waals surface area contributed by atoms with Crippen molar-refractivity contribution in [3.05, 3.63) is 59.7 Å². The Hall–Kier alpha value is -2.91. The van der Waals surface area contributed by atoms with E-state index in [1.54, 1.807) is 0 Å². The van der Waals surface area contributed by atoms with E-state index in [4.69, 9.17) is 9.47 Å². The molecular formula is C21H26N2O6S. The summed E-state index contributed by atoms with van der Waals surface area (Å²) in [7, 11) is -2.47. The molecule has 0 aliphatic rings. The molecule has 2 aromatic rings. The molecular weight excluding hydrogens is 408 g/mol. The molecule has 0 heterocycles. The molecule has 1 unspecified atom stereocenters. The van der Waals surface area contributed by atoms with Crippen molar-refractivity contribution in [1.82, 2.24) is 10.0 Å². The Kier molecular flexibility index (Phi) is 7.96. The smallest absolute Gasteiger partial charge is 0.324 e. The standard InChI is InChI=1S/C21H26N2O6S/c1-14-5-7-17(8-6-14)13-22-20(24)16(3)29-21(25)15(2)23-30(26,27)19-11-9-18(28-4)10-12-19/h5-12,15-16,23H,13H2,1-4H3,(H,22,24)/t15-,16?/m0/s1. The van der Waals surface area contributed by atoms with E-state index in [-0.39, 0.29) is 4.90 Å². The molecule has 2 N–H and O–H groups in total. The van der Waals surface area contributed by atoms with E-state index in [0.29, 0.717) is 12.3 Å². The average Bonchev–Trinajstić information content (AvgIpc) is 2.72. The Morgan fingerprint density at radius 1 is 1.00 bits per heavy atom. The summed E-state index contributed by atoms with van der Waals surface area (Å²) in [6.07, 6.45) is -1.07. The van der Waals surface area contributed by atoms with Crippen molar-refractivity contribution in [1.29, 1.82) is 0 Å². The second-order valence-corrected chi connectivity index (χ2v) is 8.52. The molecule has 1 amide bonds. The lowest BCUT2D eigenvalue weighted by molar-refractivity contribution is -0.156. The van der Waals surface area contributed by atoms with Crippen molar-refractivity contribution in [2.45, 2.75) is 44.4 Å². The van der Waals surface area contributed by atoms with E-state index in [9.17, 15) is 18.0 Å². The van der Waals surface area contributed by atoms with Gasteiger partial charge in [0.15, 0.2) is 6.10 Å². The van der Waals surface area contributed by atoms with Crippen molar-refractivity contribution in [3.63, 3.8) is 0 Å². The summed E-state index contributed by atoms with van der Waals surface area (Å²) in [6.45, 7) is 5.03. The quantitative estimate of drug-likeness (QED) is 0.584. The van der Waals surface area contributed by atoms with Gasteiger partial charge in [-0.3, -0.25) is 9.59 Å². The lowest BCUT2D eigenvalue weighted by Gasteiger charge is -2.18. The maximum absolute atomic E-state index is 12.4. The van der Waals surface area contributed by atoms with Gasteiger partial charge in [-0.15, -0.1) is 0 Å². The van der Waals surface area contributed by atoms with Gasteiger partial charge in [0.25, 0.3) is 5.91 Å². The molecule has 0 saturated carbocycles. The van der Waals surface area contributed by atoms with Gasteiger partial charge in [0, 0.05) is 6.54 Å². The second kappa shape index (κ2) is 10.2. The number of amides is 1. The third-order valence-corrected chi connectivity index (χ3v) is 5.86. The van der Waals surface area contributed by atoms with Crippen LogP contribution in [0.2, 0.25) is 0 Å². The van der Waals surface area contributed by atoms with E-state index in [1.165, 1.54) is 45.2 Å². The molecule has 0 radical (unpaired) electrons. The highest BCUT2D eigenvalue weighted by Gasteiger charge is 2.26. The maximum Gasteiger partial charge on any atom is 0.324 e. The first-order chi connectivity index (χ1) is 14.1. The predicted octanol–water partition coefficient (Wildman–Crippen LogP) is 1.92. The topological polar surface area (TPSA) is 111 Å². The Labute approximate surface area is 176 Å². The zero-order chi connectivity index (χ0) is 22.3. The fraction of sp³-hybridized carbons (Fsp3) is 0.333. The number of nitrogens with one attached hydrogen (secondary N) is 2. The van der Waals surface area contributed by atoms with Crippen LogP contribution in [0.15, 0.2) is 53.4 Å². The molecule has 0 fully saturated rings. The molecule has 2 aromatic carbocycles. The molecule has 0 aliphatic carbocycles. The molecule has 162 valence electrons. The summed E-state index contributed by atoms with van der Waals surface area (Å²) in [5.74, 6) is -0.828. The minimum absolute atomic E-state index is 0.0214. The fourth-order valence-corrected chi connectivity index (χ4v) is 3.66. The van der Waals surface area contributed by atoms with Crippen LogP contribution in [0, 0.1) is 6.92 Å². The molecule has 2 rings (SSSR count). The molecule has 0 bridgehead atoms. The van der Waals surface area contributed by atoms with E-state index in [2.05, 4.69) is 10.0 Å². The highest BCUT2D eigenvalue weighted by Crippen LogP contribution is 2.15. The van der Waals surface area contributed by atoms with Gasteiger partial charge in [-0.2, -0.15) is 4.72 Å². The van der Waals surface area contributed by atoms with Gasteiger partial charge in [0.05, 0.1) is 12.0 Å². The van der Waals surface area contributed by atoms with Gasteiger partial charge in [-0.05, 0) is 50.6 Å². The zero-order valence-electron chi connectivity index (χ0n) is 17.3. The van der Waals surface area contributed by atoms with Crippen LogP contribution < -0.4 is 14.8 Å². The van der Waals surface area contributed by atoms with E-state index in [0.717, 1.165) is 11.1 Å². The van der Waals surface area contributed by atoms with Crippen molar-refractivity contribution < 1.29 is 27.5 Å². The summed E-state index contributed by atoms with van der Waals surface area (Å²) in [5.41, 5.74) is 2.02. The summed E-state index contributed by atoms with van der Waals surface area (Å²) in [5, 5.41) is 2.68. The minimum Gasteiger partial charge on any atom is -0.497 e. The summed E-state index contributed by atoms with van der Waals surface area (Å²) >= 11 is 0. The van der Waals surface area contributed by atoms with Gasteiger partial charge in [0.2, 0.25) is 10.0 Å². The van der Waals surface area contributed by atoms with Crippen LogP contribution in [0.1, 0.15) is 25.0 Å². The molecule has 0 spiro atoms. The zero-order valence-corrected chi connectivity index (χ0v) is 18.2. The maximum atomic E-state index is 12.4. The minimum atomic E-state index is -3.94. The van der Waals surface area contributed by atoms with Gasteiger partial charge in [-0.25, -0.2) is 8.42 Å². The highest BCUT2D eigenvalue weighted by atomic mass is 32.2. The highest BCUT2D eigenvalue weighted by molar-refractivity contribution is 7.89. The Balaban J connectivity index is 1.88. The number of rotatable bonds is 9. The molecule has 2 atom stereocenters. The summed E-state index contributed by atoms with van der Waals surface area (Å²) < 4.78 is 37.2. The Morgan fingerprint density at radius 2 is 1.60 bits per heavy atom. The SMILES string of the molecule is COc1ccc(S(=O)(=O)N[C@@H](C)C(=O)OC(C)C(=O)NCc2ccc(C)cc2)cc1. The van der Waals surface area contributed by atoms with Gasteiger partial charge < -0.3 is 14.8 Å². The van der Waals surface area contributed by atoms with Crippen LogP contribution in [0.5, 0.6) is 5.75 Å². The van der Waals surface area contributed by atoms with Gasteiger partial charge >= 0.3 is 5.97 Å². The number of sulfonamides is 1. The van der Waals surface area contributed by atoms with Crippen LogP contribution in [0.3, 0.4) is 0 Å². The van der Waals surface area contributed by atoms with Crippen molar-refractivity contribution in [2.24, 2.45) is 0 Å². The Morgan fingerprint density at radius 3 is 2.17 bits per heavy atom. The lowest BCUT2D eigenvalue weighted by Crippen LogP contribution is -2.43. The van der Waals surface area contributed by atoms with Crippen LogP contribution in [-0.4, -0.2) is 39.5 Å². The van der Waals surface area contributed by atoms with Crippen LogP contribution in [0.25, 0.3) is 0 Å². The average molecular weight is 435 g/mol. The molecule has 0 aliphatic heterocycles. The van der Waals surface area contributed by atoms with E-state index < -0.39 is 34.0 Å². The molecule has 0 saturated heterocycles. The number of esters is 1. The molecule has 9 heteroatoms. The summed E-state index contributed by atoms with van der Waals surface area (Å²) in [4.78, 5) is 24.4. The number of methoxy groups -OCH3 is 1. The van der Waals surface area contributed by atoms with Crippen molar-refractivity contribution in [2.75, 3.05) is 7.11 Å². The molecule has 8 nitrogen and oxygen atoms in total. The van der Waals surface area contributed by atoms with E-state index in [1.807, 2.05) is 31.2 Å². The summed E-state index contributed by atoms with van der Waals surface area (Å²) in [6, 6.07) is 12.2. The third kappa shape index (κ3) is 6.57.